The Labute approximate surface area is 118 Å². The zero-order valence-corrected chi connectivity index (χ0v) is 11.4. The molecule has 0 aliphatic carbocycles. The number of piperidine rings is 1. The Kier molecular flexibility index (Phi) is 4.04. The fourth-order valence-electron chi connectivity index (χ4n) is 2.68. The molecular weight excluding hydrogens is 254 g/mol. The predicted octanol–water partition coefficient (Wildman–Crippen LogP) is 1.34. The molecule has 2 rings (SSSR count). The summed E-state index contributed by atoms with van der Waals surface area (Å²) in [6, 6.07) is 9.06. The highest BCUT2D eigenvalue weighted by molar-refractivity contribution is 6.34. The molecule has 1 heterocycles. The highest BCUT2D eigenvalue weighted by Crippen LogP contribution is 2.33. The summed E-state index contributed by atoms with van der Waals surface area (Å²) in [6.45, 7) is 2.56. The van der Waals surface area contributed by atoms with Crippen molar-refractivity contribution in [1.29, 1.82) is 5.26 Å². The molecular formula is C15H17N3O2. The minimum atomic E-state index is -0.930. The molecule has 1 aliphatic rings. The van der Waals surface area contributed by atoms with E-state index >= 15 is 0 Å². The molecule has 0 bridgehead atoms. The minimum absolute atomic E-state index is 0.181. The van der Waals surface area contributed by atoms with Gasteiger partial charge in [0.05, 0.1) is 17.7 Å². The Balaban J connectivity index is 2.33. The largest absolute Gasteiger partial charge is 0.361 e. The zero-order valence-electron chi connectivity index (χ0n) is 11.4. The third kappa shape index (κ3) is 2.80. The Morgan fingerprint density at radius 2 is 2.15 bits per heavy atom. The maximum atomic E-state index is 12.0. The molecule has 0 spiro atoms. The quantitative estimate of drug-likeness (QED) is 0.782. The lowest BCUT2D eigenvalue weighted by Crippen LogP contribution is -2.46. The minimum Gasteiger partial charge on any atom is -0.361 e. The van der Waals surface area contributed by atoms with Crippen LogP contribution in [0.1, 0.15) is 36.9 Å². The average Bonchev–Trinajstić information content (AvgIpc) is 2.46. The number of carbonyl (C=O) groups excluding carboxylic acids is 2. The van der Waals surface area contributed by atoms with Crippen LogP contribution < -0.4 is 5.73 Å². The number of hydrogen-bond acceptors (Lipinski definition) is 3. The van der Waals surface area contributed by atoms with Gasteiger partial charge in [-0.2, -0.15) is 5.26 Å². The van der Waals surface area contributed by atoms with Crippen LogP contribution in [0.2, 0.25) is 0 Å². The van der Waals surface area contributed by atoms with Gasteiger partial charge in [0, 0.05) is 6.54 Å². The van der Waals surface area contributed by atoms with Crippen molar-refractivity contribution in [3.63, 3.8) is 0 Å². The maximum absolute atomic E-state index is 12.0. The van der Waals surface area contributed by atoms with Crippen molar-refractivity contribution in [2.75, 3.05) is 6.54 Å². The van der Waals surface area contributed by atoms with Crippen LogP contribution >= 0.6 is 0 Å². The van der Waals surface area contributed by atoms with Crippen LogP contribution in [0.25, 0.3) is 0 Å². The molecule has 5 heteroatoms. The molecule has 1 aromatic carbocycles. The number of rotatable bonds is 1. The number of nitrogens with zero attached hydrogens (tertiary/aromatic N) is 2. The summed E-state index contributed by atoms with van der Waals surface area (Å²) in [7, 11) is 0. The van der Waals surface area contributed by atoms with E-state index in [-0.39, 0.29) is 6.04 Å². The monoisotopic (exact) mass is 271 g/mol. The van der Waals surface area contributed by atoms with Gasteiger partial charge < -0.3 is 10.6 Å². The highest BCUT2D eigenvalue weighted by atomic mass is 16.2. The molecule has 0 unspecified atom stereocenters. The van der Waals surface area contributed by atoms with E-state index in [1.807, 2.05) is 13.0 Å². The lowest BCUT2D eigenvalue weighted by Gasteiger charge is -2.38. The maximum Gasteiger partial charge on any atom is 0.312 e. The zero-order chi connectivity index (χ0) is 14.7. The number of nitrogens with two attached hydrogens (primary N) is 1. The number of amides is 2. The first kappa shape index (κ1) is 14.1. The molecule has 0 saturated carbocycles. The molecule has 0 radical (unpaired) electrons. The first-order valence-electron chi connectivity index (χ1n) is 6.63. The smallest absolute Gasteiger partial charge is 0.312 e. The van der Waals surface area contributed by atoms with Gasteiger partial charge in [-0.1, -0.05) is 19.1 Å². The molecule has 20 heavy (non-hydrogen) atoms. The lowest BCUT2D eigenvalue weighted by atomic mass is 9.89. The van der Waals surface area contributed by atoms with Crippen molar-refractivity contribution in [2.45, 2.75) is 25.8 Å². The second-order valence-electron chi connectivity index (χ2n) is 5.26. The van der Waals surface area contributed by atoms with Crippen LogP contribution in [0.3, 0.4) is 0 Å². The SMILES string of the molecule is C[C@H]1CC[C@H](c2cccc(C#N)c2)N(C(=O)C(N)=O)C1. The molecule has 1 aromatic rings. The molecule has 2 atom stereocenters. The molecule has 1 fully saturated rings. The number of primary amides is 1. The van der Waals surface area contributed by atoms with E-state index in [1.54, 1.807) is 18.2 Å². The molecule has 2 amide bonds. The molecule has 0 aromatic heterocycles. The number of carbonyl (C=O) groups is 2. The van der Waals surface area contributed by atoms with E-state index in [0.717, 1.165) is 18.4 Å². The Morgan fingerprint density at radius 3 is 2.80 bits per heavy atom. The van der Waals surface area contributed by atoms with Crippen molar-refractivity contribution in [2.24, 2.45) is 11.7 Å². The van der Waals surface area contributed by atoms with Gasteiger partial charge in [0.2, 0.25) is 0 Å². The van der Waals surface area contributed by atoms with Gasteiger partial charge >= 0.3 is 11.8 Å². The van der Waals surface area contributed by atoms with Crippen LogP contribution in [0, 0.1) is 17.2 Å². The molecule has 2 N–H and O–H groups in total. The molecule has 1 aliphatic heterocycles. The van der Waals surface area contributed by atoms with E-state index in [9.17, 15) is 9.59 Å². The fraction of sp³-hybridized carbons (Fsp3) is 0.400. The van der Waals surface area contributed by atoms with Crippen molar-refractivity contribution < 1.29 is 9.59 Å². The normalized spacial score (nSPS) is 22.1. The first-order chi connectivity index (χ1) is 9.52. The highest BCUT2D eigenvalue weighted by Gasteiger charge is 2.33. The van der Waals surface area contributed by atoms with Gasteiger partial charge in [0.15, 0.2) is 0 Å². The summed E-state index contributed by atoms with van der Waals surface area (Å²) >= 11 is 0. The number of hydrogen-bond donors (Lipinski definition) is 1. The summed E-state index contributed by atoms with van der Waals surface area (Å²) in [5.74, 6) is -1.24. The summed E-state index contributed by atoms with van der Waals surface area (Å²) in [5, 5.41) is 8.96. The number of nitriles is 1. The van der Waals surface area contributed by atoms with Crippen LogP contribution in [0.4, 0.5) is 0 Å². The Hall–Kier alpha value is -2.35. The van der Waals surface area contributed by atoms with Gasteiger partial charge in [-0.15, -0.1) is 0 Å². The molecule has 1 saturated heterocycles. The van der Waals surface area contributed by atoms with E-state index < -0.39 is 11.8 Å². The van der Waals surface area contributed by atoms with Crippen LogP contribution in [0.15, 0.2) is 24.3 Å². The third-order valence-corrected chi connectivity index (χ3v) is 3.69. The van der Waals surface area contributed by atoms with E-state index in [2.05, 4.69) is 6.07 Å². The van der Waals surface area contributed by atoms with E-state index in [0.29, 0.717) is 18.0 Å². The van der Waals surface area contributed by atoms with Crippen LogP contribution in [0.5, 0.6) is 0 Å². The second kappa shape index (κ2) is 5.74. The second-order valence-corrected chi connectivity index (χ2v) is 5.26. The van der Waals surface area contributed by atoms with E-state index in [1.165, 1.54) is 4.90 Å². The van der Waals surface area contributed by atoms with E-state index in [4.69, 9.17) is 11.0 Å². The average molecular weight is 271 g/mol. The van der Waals surface area contributed by atoms with Gasteiger partial charge in [0.25, 0.3) is 0 Å². The summed E-state index contributed by atoms with van der Waals surface area (Å²) < 4.78 is 0. The summed E-state index contributed by atoms with van der Waals surface area (Å²) in [6.07, 6.45) is 1.75. The van der Waals surface area contributed by atoms with Gasteiger partial charge in [-0.05, 0) is 36.5 Å². The lowest BCUT2D eigenvalue weighted by molar-refractivity contribution is -0.147. The van der Waals surface area contributed by atoms with Crippen molar-refractivity contribution in [1.82, 2.24) is 4.90 Å². The standard InChI is InChI=1S/C15H17N3O2/c1-10-5-6-13(18(9-10)15(20)14(17)19)12-4-2-3-11(7-12)8-16/h2-4,7,10,13H,5-6,9H2,1H3,(H2,17,19)/t10-,13+/m0/s1. The number of likely N-dealkylation sites (tertiary alicyclic amines) is 1. The topological polar surface area (TPSA) is 87.2 Å². The third-order valence-electron chi connectivity index (χ3n) is 3.69. The van der Waals surface area contributed by atoms with Gasteiger partial charge in [0.1, 0.15) is 0 Å². The van der Waals surface area contributed by atoms with Gasteiger partial charge in [-0.3, -0.25) is 9.59 Å². The Bertz CT molecular complexity index is 577. The first-order valence-corrected chi connectivity index (χ1v) is 6.63. The van der Waals surface area contributed by atoms with Crippen LogP contribution in [-0.4, -0.2) is 23.3 Å². The summed E-state index contributed by atoms with van der Waals surface area (Å²) in [4.78, 5) is 24.7. The van der Waals surface area contributed by atoms with Crippen molar-refractivity contribution in [3.8, 4) is 6.07 Å². The van der Waals surface area contributed by atoms with Crippen molar-refractivity contribution in [3.05, 3.63) is 35.4 Å². The number of benzene rings is 1. The van der Waals surface area contributed by atoms with Gasteiger partial charge in [-0.25, -0.2) is 0 Å². The van der Waals surface area contributed by atoms with Crippen molar-refractivity contribution >= 4 is 11.8 Å². The molecule has 5 nitrogen and oxygen atoms in total. The predicted molar refractivity (Wildman–Crippen MR) is 73.2 cm³/mol. The Morgan fingerprint density at radius 1 is 1.40 bits per heavy atom. The van der Waals surface area contributed by atoms with Crippen LogP contribution in [-0.2, 0) is 9.59 Å². The summed E-state index contributed by atoms with van der Waals surface area (Å²) in [5.41, 5.74) is 6.55. The fourth-order valence-corrected chi connectivity index (χ4v) is 2.68. The molecule has 104 valence electrons.